The quantitative estimate of drug-likeness (QED) is 0.742. The SMILES string of the molecule is CCN1CCN(Cc2ccc(CNC(=O)C3COc4ccc(OC)cc4C3)cc2)CC1. The molecule has 0 spiro atoms. The molecule has 2 aliphatic rings. The number of hydrogen-bond donors (Lipinski definition) is 1. The zero-order valence-electron chi connectivity index (χ0n) is 18.6. The van der Waals surface area contributed by atoms with Gasteiger partial charge < -0.3 is 19.7 Å². The van der Waals surface area contributed by atoms with E-state index < -0.39 is 0 Å². The van der Waals surface area contributed by atoms with Crippen molar-refractivity contribution in [3.63, 3.8) is 0 Å². The van der Waals surface area contributed by atoms with Crippen LogP contribution in [-0.4, -0.2) is 62.1 Å². The van der Waals surface area contributed by atoms with Gasteiger partial charge in [0.1, 0.15) is 18.1 Å². The number of hydrogen-bond acceptors (Lipinski definition) is 5. The lowest BCUT2D eigenvalue weighted by atomic mass is 9.95. The summed E-state index contributed by atoms with van der Waals surface area (Å²) < 4.78 is 11.1. The Morgan fingerprint density at radius 1 is 1.06 bits per heavy atom. The highest BCUT2D eigenvalue weighted by molar-refractivity contribution is 5.79. The molecule has 1 amide bonds. The maximum atomic E-state index is 12.7. The number of nitrogens with zero attached hydrogens (tertiary/aromatic N) is 2. The minimum absolute atomic E-state index is 0.0336. The number of ether oxygens (including phenoxy) is 2. The van der Waals surface area contributed by atoms with Crippen molar-refractivity contribution in [2.75, 3.05) is 46.4 Å². The third-order valence-electron chi connectivity index (χ3n) is 6.35. The van der Waals surface area contributed by atoms with Crippen LogP contribution < -0.4 is 14.8 Å². The van der Waals surface area contributed by atoms with E-state index in [1.54, 1.807) is 7.11 Å². The fourth-order valence-corrected chi connectivity index (χ4v) is 4.28. The Labute approximate surface area is 185 Å². The van der Waals surface area contributed by atoms with Gasteiger partial charge in [0.05, 0.1) is 13.0 Å². The molecule has 1 unspecified atom stereocenters. The Morgan fingerprint density at radius 3 is 2.48 bits per heavy atom. The molecule has 2 aromatic rings. The molecule has 166 valence electrons. The summed E-state index contributed by atoms with van der Waals surface area (Å²) in [7, 11) is 1.65. The Morgan fingerprint density at radius 2 is 1.77 bits per heavy atom. The summed E-state index contributed by atoms with van der Waals surface area (Å²) in [5, 5.41) is 3.07. The molecule has 6 heteroatoms. The van der Waals surface area contributed by atoms with Gasteiger partial charge in [-0.3, -0.25) is 9.69 Å². The fraction of sp³-hybridized carbons (Fsp3) is 0.480. The van der Waals surface area contributed by atoms with E-state index >= 15 is 0 Å². The van der Waals surface area contributed by atoms with E-state index in [0.717, 1.165) is 61.9 Å². The number of carbonyl (C=O) groups is 1. The normalized spacial score (nSPS) is 19.4. The van der Waals surface area contributed by atoms with Crippen molar-refractivity contribution in [3.05, 3.63) is 59.2 Å². The average molecular weight is 424 g/mol. The Hall–Kier alpha value is -2.57. The van der Waals surface area contributed by atoms with Gasteiger partial charge >= 0.3 is 0 Å². The lowest BCUT2D eigenvalue weighted by molar-refractivity contribution is -0.126. The van der Waals surface area contributed by atoms with Crippen LogP contribution in [0.4, 0.5) is 0 Å². The highest BCUT2D eigenvalue weighted by Gasteiger charge is 2.26. The minimum Gasteiger partial charge on any atom is -0.497 e. The summed E-state index contributed by atoms with van der Waals surface area (Å²) in [6, 6.07) is 14.3. The highest BCUT2D eigenvalue weighted by atomic mass is 16.5. The molecule has 0 radical (unpaired) electrons. The maximum Gasteiger partial charge on any atom is 0.227 e. The zero-order chi connectivity index (χ0) is 21.6. The zero-order valence-corrected chi connectivity index (χ0v) is 18.6. The summed E-state index contributed by atoms with van der Waals surface area (Å²) in [5.74, 6) is 1.49. The summed E-state index contributed by atoms with van der Waals surface area (Å²) in [5.41, 5.74) is 3.47. The van der Waals surface area contributed by atoms with Crippen LogP contribution in [0.2, 0.25) is 0 Å². The molecule has 2 aromatic carbocycles. The summed E-state index contributed by atoms with van der Waals surface area (Å²) in [6.07, 6.45) is 0.669. The number of nitrogens with one attached hydrogen (secondary N) is 1. The van der Waals surface area contributed by atoms with Crippen molar-refractivity contribution in [2.45, 2.75) is 26.4 Å². The van der Waals surface area contributed by atoms with Gasteiger partial charge in [-0.15, -0.1) is 0 Å². The Kier molecular flexibility index (Phi) is 7.10. The summed E-state index contributed by atoms with van der Waals surface area (Å²) in [4.78, 5) is 17.7. The van der Waals surface area contributed by atoms with Crippen LogP contribution in [0.25, 0.3) is 0 Å². The molecular formula is C25H33N3O3. The smallest absolute Gasteiger partial charge is 0.227 e. The van der Waals surface area contributed by atoms with E-state index in [9.17, 15) is 4.79 Å². The second-order valence-electron chi connectivity index (χ2n) is 8.43. The van der Waals surface area contributed by atoms with E-state index in [2.05, 4.69) is 46.3 Å². The van der Waals surface area contributed by atoms with Crippen molar-refractivity contribution in [1.82, 2.24) is 15.1 Å². The molecule has 1 saturated heterocycles. The third-order valence-corrected chi connectivity index (χ3v) is 6.35. The number of methoxy groups -OCH3 is 1. The predicted molar refractivity (Wildman–Crippen MR) is 121 cm³/mol. The molecule has 2 heterocycles. The van der Waals surface area contributed by atoms with Crippen molar-refractivity contribution >= 4 is 5.91 Å². The van der Waals surface area contributed by atoms with Crippen LogP contribution in [0.5, 0.6) is 11.5 Å². The van der Waals surface area contributed by atoms with E-state index in [-0.39, 0.29) is 11.8 Å². The van der Waals surface area contributed by atoms with Crippen molar-refractivity contribution in [1.29, 1.82) is 0 Å². The highest BCUT2D eigenvalue weighted by Crippen LogP contribution is 2.30. The van der Waals surface area contributed by atoms with Crippen molar-refractivity contribution in [3.8, 4) is 11.5 Å². The van der Waals surface area contributed by atoms with Crippen LogP contribution >= 0.6 is 0 Å². The summed E-state index contributed by atoms with van der Waals surface area (Å²) in [6.45, 7) is 9.88. The number of amides is 1. The van der Waals surface area contributed by atoms with Crippen molar-refractivity contribution in [2.24, 2.45) is 5.92 Å². The number of likely N-dealkylation sites (N-methyl/N-ethyl adjacent to an activating group) is 1. The van der Waals surface area contributed by atoms with Crippen LogP contribution in [0, 0.1) is 5.92 Å². The van der Waals surface area contributed by atoms with E-state index in [4.69, 9.17) is 9.47 Å². The average Bonchev–Trinajstić information content (AvgIpc) is 2.83. The second kappa shape index (κ2) is 10.2. The molecule has 0 saturated carbocycles. The van der Waals surface area contributed by atoms with Gasteiger partial charge in [-0.2, -0.15) is 0 Å². The molecular weight excluding hydrogens is 390 g/mol. The molecule has 1 atom stereocenters. The predicted octanol–water partition coefficient (Wildman–Crippen LogP) is 2.70. The first-order valence-electron chi connectivity index (χ1n) is 11.2. The third kappa shape index (κ3) is 5.57. The first-order valence-corrected chi connectivity index (χ1v) is 11.2. The van der Waals surface area contributed by atoms with Crippen LogP contribution in [0.3, 0.4) is 0 Å². The van der Waals surface area contributed by atoms with Crippen LogP contribution in [0.15, 0.2) is 42.5 Å². The lowest BCUT2D eigenvalue weighted by Crippen LogP contribution is -2.45. The van der Waals surface area contributed by atoms with Gasteiger partial charge in [0.2, 0.25) is 5.91 Å². The number of carbonyl (C=O) groups excluding carboxylic acids is 1. The van der Waals surface area contributed by atoms with Gasteiger partial charge in [-0.25, -0.2) is 0 Å². The van der Waals surface area contributed by atoms with E-state index in [1.807, 2.05) is 18.2 Å². The molecule has 0 bridgehead atoms. The van der Waals surface area contributed by atoms with Crippen molar-refractivity contribution < 1.29 is 14.3 Å². The first kappa shape index (κ1) is 21.7. The van der Waals surface area contributed by atoms with E-state index in [0.29, 0.717) is 19.6 Å². The molecule has 6 nitrogen and oxygen atoms in total. The molecule has 1 fully saturated rings. The van der Waals surface area contributed by atoms with Gasteiger partial charge in [0.25, 0.3) is 0 Å². The van der Waals surface area contributed by atoms with Crippen LogP contribution in [-0.2, 0) is 24.3 Å². The molecule has 1 N–H and O–H groups in total. The fourth-order valence-electron chi connectivity index (χ4n) is 4.28. The molecule has 0 aliphatic carbocycles. The number of piperazine rings is 1. The minimum atomic E-state index is -0.180. The second-order valence-corrected chi connectivity index (χ2v) is 8.43. The maximum absolute atomic E-state index is 12.7. The van der Waals surface area contributed by atoms with Crippen LogP contribution in [0.1, 0.15) is 23.6 Å². The number of benzene rings is 2. The molecule has 31 heavy (non-hydrogen) atoms. The Balaban J connectivity index is 1.25. The number of fused-ring (bicyclic) bond motifs is 1. The van der Waals surface area contributed by atoms with Gasteiger partial charge in [-0.05, 0) is 47.9 Å². The summed E-state index contributed by atoms with van der Waals surface area (Å²) >= 11 is 0. The van der Waals surface area contributed by atoms with E-state index in [1.165, 1.54) is 5.56 Å². The number of rotatable bonds is 7. The monoisotopic (exact) mass is 423 g/mol. The molecule has 4 rings (SSSR count). The molecule has 2 aliphatic heterocycles. The largest absolute Gasteiger partial charge is 0.497 e. The Bertz CT molecular complexity index is 876. The van der Waals surface area contributed by atoms with Gasteiger partial charge in [0.15, 0.2) is 0 Å². The first-order chi connectivity index (χ1) is 15.1. The van der Waals surface area contributed by atoms with Gasteiger partial charge in [-0.1, -0.05) is 31.2 Å². The lowest BCUT2D eigenvalue weighted by Gasteiger charge is -2.34. The van der Waals surface area contributed by atoms with Gasteiger partial charge in [0, 0.05) is 39.3 Å². The standard InChI is InChI=1S/C25H33N3O3/c1-3-27-10-12-28(13-11-27)17-20-6-4-19(5-7-20)16-26-25(29)22-14-21-15-23(30-2)8-9-24(21)31-18-22/h4-9,15,22H,3,10-14,16-18H2,1-2H3,(H,26,29). The topological polar surface area (TPSA) is 54.0 Å². The molecule has 0 aromatic heterocycles.